The molecule has 25 heavy (non-hydrogen) atoms. The fourth-order valence-electron chi connectivity index (χ4n) is 3.75. The first kappa shape index (κ1) is 16.1. The molecule has 1 aliphatic rings. The number of rotatable bonds is 5. The van der Waals surface area contributed by atoms with Gasteiger partial charge in [-0.05, 0) is 37.0 Å². The lowest BCUT2D eigenvalue weighted by atomic mass is 9.93. The van der Waals surface area contributed by atoms with Crippen LogP contribution >= 0.6 is 0 Å². The minimum atomic E-state index is -1.05. The van der Waals surface area contributed by atoms with Gasteiger partial charge < -0.3 is 10.2 Å². The zero-order valence-electron chi connectivity index (χ0n) is 14.0. The Labute approximate surface area is 145 Å². The van der Waals surface area contributed by atoms with Crippen LogP contribution in [-0.4, -0.2) is 32.1 Å². The van der Waals surface area contributed by atoms with Crippen LogP contribution in [0.3, 0.4) is 0 Å². The van der Waals surface area contributed by atoms with E-state index in [1.807, 2.05) is 59.2 Å². The third kappa shape index (κ3) is 2.60. The Kier molecular flexibility index (Phi) is 4.19. The van der Waals surface area contributed by atoms with Crippen LogP contribution in [0.1, 0.15) is 36.9 Å². The molecule has 2 atom stereocenters. The van der Waals surface area contributed by atoms with Gasteiger partial charge in [-0.25, -0.2) is 4.79 Å². The topological polar surface area (TPSA) is 67.4 Å². The molecule has 1 aromatic heterocycles. The van der Waals surface area contributed by atoms with Gasteiger partial charge >= 0.3 is 5.69 Å². The Hall–Kier alpha value is -2.37. The van der Waals surface area contributed by atoms with Crippen molar-refractivity contribution < 1.29 is 10.2 Å². The second-order valence-corrected chi connectivity index (χ2v) is 6.70. The van der Waals surface area contributed by atoms with E-state index < -0.39 is 18.8 Å². The average molecular weight is 338 g/mol. The maximum atomic E-state index is 13.3. The SMILES string of the molecule is O=c1n(C2CCC2)c2ccccc2n1C(c1ccccc1)[C@H](O)CO. The van der Waals surface area contributed by atoms with Crippen molar-refractivity contribution in [2.75, 3.05) is 6.61 Å². The molecular formula is C20H22N2O3. The number of para-hydroxylation sites is 2. The molecule has 1 unspecified atom stereocenters. The Bertz CT molecular complexity index is 925. The number of aromatic nitrogens is 2. The molecule has 0 saturated heterocycles. The maximum Gasteiger partial charge on any atom is 0.330 e. The Balaban J connectivity index is 1.98. The molecule has 130 valence electrons. The minimum absolute atomic E-state index is 0.118. The van der Waals surface area contributed by atoms with Gasteiger partial charge in [0.1, 0.15) is 6.10 Å². The summed E-state index contributed by atoms with van der Waals surface area (Å²) < 4.78 is 3.50. The van der Waals surface area contributed by atoms with Crippen molar-refractivity contribution in [3.63, 3.8) is 0 Å². The van der Waals surface area contributed by atoms with Gasteiger partial charge in [-0.2, -0.15) is 0 Å². The van der Waals surface area contributed by atoms with Gasteiger partial charge in [-0.3, -0.25) is 9.13 Å². The van der Waals surface area contributed by atoms with Crippen LogP contribution in [-0.2, 0) is 0 Å². The number of imidazole rings is 1. The highest BCUT2D eigenvalue weighted by molar-refractivity contribution is 5.76. The standard InChI is InChI=1S/C20H22N2O3/c23-13-18(24)19(14-7-2-1-3-8-14)22-17-12-5-4-11-16(17)21(20(22)25)15-9-6-10-15/h1-5,7-8,11-12,15,18-19,23-24H,6,9-10,13H2/t18-,19?/m1/s1. The number of aliphatic hydroxyl groups is 2. The molecule has 1 heterocycles. The van der Waals surface area contributed by atoms with Crippen molar-refractivity contribution in [3.05, 3.63) is 70.6 Å². The summed E-state index contributed by atoms with van der Waals surface area (Å²) in [5.41, 5.74) is 2.37. The summed E-state index contributed by atoms with van der Waals surface area (Å²) in [6.45, 7) is -0.408. The number of hydrogen-bond acceptors (Lipinski definition) is 3. The summed E-state index contributed by atoms with van der Waals surface area (Å²) in [4.78, 5) is 13.3. The number of fused-ring (bicyclic) bond motifs is 1. The summed E-state index contributed by atoms with van der Waals surface area (Å²) in [5, 5.41) is 20.1. The van der Waals surface area contributed by atoms with E-state index in [4.69, 9.17) is 0 Å². The van der Waals surface area contributed by atoms with Crippen LogP contribution in [0.4, 0.5) is 0 Å². The summed E-state index contributed by atoms with van der Waals surface area (Å²) in [6, 6.07) is 16.7. The van der Waals surface area contributed by atoms with E-state index in [0.717, 1.165) is 35.9 Å². The third-order valence-electron chi connectivity index (χ3n) is 5.22. The van der Waals surface area contributed by atoms with Gasteiger partial charge in [-0.15, -0.1) is 0 Å². The van der Waals surface area contributed by atoms with Gasteiger partial charge in [0.05, 0.1) is 23.7 Å². The lowest BCUT2D eigenvalue weighted by Gasteiger charge is -2.27. The first-order chi connectivity index (χ1) is 12.2. The smallest absolute Gasteiger partial charge is 0.330 e. The van der Waals surface area contributed by atoms with Crippen LogP contribution < -0.4 is 5.69 Å². The molecule has 4 rings (SSSR count). The van der Waals surface area contributed by atoms with E-state index in [9.17, 15) is 15.0 Å². The average Bonchev–Trinajstić information content (AvgIpc) is 2.88. The zero-order valence-corrected chi connectivity index (χ0v) is 14.0. The van der Waals surface area contributed by atoms with Crippen LogP contribution in [0.2, 0.25) is 0 Å². The molecule has 0 bridgehead atoms. The van der Waals surface area contributed by atoms with Crippen molar-refractivity contribution in [1.29, 1.82) is 0 Å². The Morgan fingerprint density at radius 1 is 1.00 bits per heavy atom. The van der Waals surface area contributed by atoms with Crippen molar-refractivity contribution in [2.45, 2.75) is 37.5 Å². The van der Waals surface area contributed by atoms with E-state index >= 15 is 0 Å². The van der Waals surface area contributed by atoms with Crippen LogP contribution in [0.15, 0.2) is 59.4 Å². The molecule has 0 aliphatic heterocycles. The minimum Gasteiger partial charge on any atom is -0.394 e. The maximum absolute atomic E-state index is 13.3. The van der Waals surface area contributed by atoms with Crippen LogP contribution in [0.25, 0.3) is 11.0 Å². The van der Waals surface area contributed by atoms with Gasteiger partial charge in [0.2, 0.25) is 0 Å². The van der Waals surface area contributed by atoms with E-state index in [1.54, 1.807) is 4.57 Å². The molecule has 0 amide bonds. The van der Waals surface area contributed by atoms with E-state index in [0.29, 0.717) is 0 Å². The number of hydrogen-bond donors (Lipinski definition) is 2. The van der Waals surface area contributed by atoms with E-state index in [-0.39, 0.29) is 11.7 Å². The fraction of sp³-hybridized carbons (Fsp3) is 0.350. The molecule has 1 aliphatic carbocycles. The molecule has 5 heteroatoms. The monoisotopic (exact) mass is 338 g/mol. The van der Waals surface area contributed by atoms with E-state index in [2.05, 4.69) is 0 Å². The third-order valence-corrected chi connectivity index (χ3v) is 5.22. The highest BCUT2D eigenvalue weighted by Gasteiger charge is 2.31. The predicted octanol–water partition coefficient (Wildman–Crippen LogP) is 2.47. The lowest BCUT2D eigenvalue weighted by molar-refractivity contribution is 0.0638. The molecule has 1 fully saturated rings. The second-order valence-electron chi connectivity index (χ2n) is 6.70. The Morgan fingerprint density at radius 3 is 2.24 bits per heavy atom. The van der Waals surface area contributed by atoms with Crippen molar-refractivity contribution in [3.8, 4) is 0 Å². The molecular weight excluding hydrogens is 316 g/mol. The molecule has 1 saturated carbocycles. The first-order valence-corrected chi connectivity index (χ1v) is 8.77. The zero-order chi connectivity index (χ0) is 17.4. The summed E-state index contributed by atoms with van der Waals surface area (Å²) in [7, 11) is 0. The molecule has 0 spiro atoms. The number of aliphatic hydroxyl groups excluding tert-OH is 2. The second kappa shape index (κ2) is 6.50. The normalized spacial score (nSPS) is 17.4. The lowest BCUT2D eigenvalue weighted by Crippen LogP contribution is -2.37. The highest BCUT2D eigenvalue weighted by atomic mass is 16.3. The van der Waals surface area contributed by atoms with Crippen molar-refractivity contribution >= 4 is 11.0 Å². The van der Waals surface area contributed by atoms with Gasteiger partial charge in [0.25, 0.3) is 0 Å². The Morgan fingerprint density at radius 2 is 1.64 bits per heavy atom. The largest absolute Gasteiger partial charge is 0.394 e. The predicted molar refractivity (Wildman–Crippen MR) is 96.8 cm³/mol. The van der Waals surface area contributed by atoms with Gasteiger partial charge in [-0.1, -0.05) is 42.5 Å². The van der Waals surface area contributed by atoms with Crippen molar-refractivity contribution in [1.82, 2.24) is 9.13 Å². The van der Waals surface area contributed by atoms with Crippen molar-refractivity contribution in [2.24, 2.45) is 0 Å². The molecule has 0 radical (unpaired) electrons. The summed E-state index contributed by atoms with van der Waals surface area (Å²) in [6.07, 6.45) is 2.09. The molecule has 2 aromatic carbocycles. The summed E-state index contributed by atoms with van der Waals surface area (Å²) >= 11 is 0. The fourth-order valence-corrected chi connectivity index (χ4v) is 3.75. The van der Waals surface area contributed by atoms with Gasteiger partial charge in [0, 0.05) is 6.04 Å². The number of nitrogens with zero attached hydrogens (tertiary/aromatic N) is 2. The molecule has 2 N–H and O–H groups in total. The number of benzene rings is 2. The highest BCUT2D eigenvalue weighted by Crippen LogP contribution is 2.34. The van der Waals surface area contributed by atoms with E-state index in [1.165, 1.54) is 0 Å². The van der Waals surface area contributed by atoms with Gasteiger partial charge in [0.15, 0.2) is 0 Å². The van der Waals surface area contributed by atoms with Crippen LogP contribution in [0.5, 0.6) is 0 Å². The quantitative estimate of drug-likeness (QED) is 0.751. The molecule has 3 aromatic rings. The summed E-state index contributed by atoms with van der Waals surface area (Å²) in [5.74, 6) is 0. The van der Waals surface area contributed by atoms with Crippen LogP contribution in [0, 0.1) is 0 Å². The first-order valence-electron chi connectivity index (χ1n) is 8.77. The molecule has 5 nitrogen and oxygen atoms in total.